The van der Waals surface area contributed by atoms with Crippen LogP contribution in [0.5, 0.6) is 0 Å². The number of carboxylic acid groups (broad SMARTS) is 1. The van der Waals surface area contributed by atoms with Crippen LogP contribution in [0, 0.1) is 6.92 Å². The minimum Gasteiger partial charge on any atom is -0.478 e. The number of hydrogen-bond acceptors (Lipinski definition) is 2. The Labute approximate surface area is 129 Å². The average molecular weight is 295 g/mol. The lowest BCUT2D eigenvalue weighted by molar-refractivity contribution is -0.116. The van der Waals surface area contributed by atoms with Crippen LogP contribution in [0.4, 0.5) is 0 Å². The molecule has 2 aromatic carbocycles. The van der Waals surface area contributed by atoms with Crippen molar-refractivity contribution in [3.63, 3.8) is 0 Å². The van der Waals surface area contributed by atoms with Gasteiger partial charge in [0.1, 0.15) is 0 Å². The summed E-state index contributed by atoms with van der Waals surface area (Å²) in [4.78, 5) is 22.5. The zero-order valence-corrected chi connectivity index (χ0v) is 12.2. The van der Waals surface area contributed by atoms with E-state index in [1.807, 2.05) is 31.2 Å². The Balaban J connectivity index is 1.87. The maximum atomic E-state index is 11.7. The van der Waals surface area contributed by atoms with Crippen molar-refractivity contribution >= 4 is 18.0 Å². The molecule has 0 aromatic heterocycles. The number of nitrogens with one attached hydrogen (secondary N) is 1. The predicted octanol–water partition coefficient (Wildman–Crippen LogP) is 3.02. The van der Waals surface area contributed by atoms with Gasteiger partial charge in [0.2, 0.25) is 5.91 Å². The second kappa shape index (κ2) is 7.22. The fourth-order valence-electron chi connectivity index (χ4n) is 1.86. The maximum Gasteiger partial charge on any atom is 0.335 e. The Morgan fingerprint density at radius 3 is 2.27 bits per heavy atom. The molecule has 0 atom stereocenters. The number of benzene rings is 2. The highest BCUT2D eigenvalue weighted by atomic mass is 16.4. The normalized spacial score (nSPS) is 10.6. The number of aromatic carboxylic acids is 1. The summed E-state index contributed by atoms with van der Waals surface area (Å²) in [7, 11) is 0. The summed E-state index contributed by atoms with van der Waals surface area (Å²) in [6, 6.07) is 14.3. The Morgan fingerprint density at radius 1 is 1.05 bits per heavy atom. The van der Waals surface area contributed by atoms with Crippen LogP contribution in [0.25, 0.3) is 6.08 Å². The van der Waals surface area contributed by atoms with Gasteiger partial charge < -0.3 is 10.4 Å². The first-order chi connectivity index (χ1) is 10.5. The van der Waals surface area contributed by atoms with E-state index in [9.17, 15) is 9.59 Å². The van der Waals surface area contributed by atoms with Gasteiger partial charge in [-0.3, -0.25) is 4.79 Å². The first kappa shape index (κ1) is 15.5. The highest BCUT2D eigenvalue weighted by Crippen LogP contribution is 2.06. The van der Waals surface area contributed by atoms with Crippen LogP contribution in [-0.4, -0.2) is 17.0 Å². The smallest absolute Gasteiger partial charge is 0.335 e. The van der Waals surface area contributed by atoms with Crippen molar-refractivity contribution in [1.29, 1.82) is 0 Å². The molecule has 0 saturated carbocycles. The van der Waals surface area contributed by atoms with E-state index in [4.69, 9.17) is 5.11 Å². The van der Waals surface area contributed by atoms with Gasteiger partial charge in [0.25, 0.3) is 0 Å². The van der Waals surface area contributed by atoms with Crippen molar-refractivity contribution < 1.29 is 14.7 Å². The Morgan fingerprint density at radius 2 is 1.68 bits per heavy atom. The molecule has 0 fully saturated rings. The molecule has 1 amide bonds. The molecule has 22 heavy (non-hydrogen) atoms. The number of aryl methyl sites for hydroxylation is 1. The van der Waals surface area contributed by atoms with E-state index in [0.717, 1.165) is 11.1 Å². The molecular formula is C18H17NO3. The van der Waals surface area contributed by atoms with Crippen molar-refractivity contribution in [3.05, 3.63) is 76.9 Å². The summed E-state index contributed by atoms with van der Waals surface area (Å²) in [5, 5.41) is 11.6. The van der Waals surface area contributed by atoms with E-state index >= 15 is 0 Å². The molecule has 2 N–H and O–H groups in total. The Hall–Kier alpha value is -2.88. The van der Waals surface area contributed by atoms with Gasteiger partial charge in [-0.25, -0.2) is 4.79 Å². The van der Waals surface area contributed by atoms with Crippen LogP contribution in [-0.2, 0) is 11.3 Å². The quantitative estimate of drug-likeness (QED) is 0.833. The highest BCUT2D eigenvalue weighted by Gasteiger charge is 2.02. The van der Waals surface area contributed by atoms with Gasteiger partial charge in [-0.05, 0) is 36.3 Å². The van der Waals surface area contributed by atoms with Crippen molar-refractivity contribution in [2.45, 2.75) is 13.5 Å². The van der Waals surface area contributed by atoms with Crippen molar-refractivity contribution in [2.24, 2.45) is 0 Å². The number of hydrogen-bond donors (Lipinski definition) is 2. The lowest BCUT2D eigenvalue weighted by Crippen LogP contribution is -2.20. The number of rotatable bonds is 5. The average Bonchev–Trinajstić information content (AvgIpc) is 2.52. The lowest BCUT2D eigenvalue weighted by atomic mass is 10.1. The summed E-state index contributed by atoms with van der Waals surface area (Å²) in [5.74, 6) is -1.15. The van der Waals surface area contributed by atoms with Crippen molar-refractivity contribution in [1.82, 2.24) is 5.32 Å². The lowest BCUT2D eigenvalue weighted by Gasteiger charge is -2.03. The monoisotopic (exact) mass is 295 g/mol. The van der Waals surface area contributed by atoms with E-state index in [1.54, 1.807) is 18.2 Å². The van der Waals surface area contributed by atoms with Crippen LogP contribution in [0.1, 0.15) is 27.0 Å². The third-order valence-electron chi connectivity index (χ3n) is 3.17. The van der Waals surface area contributed by atoms with Gasteiger partial charge in [0.05, 0.1) is 5.56 Å². The second-order valence-corrected chi connectivity index (χ2v) is 4.96. The summed E-state index contributed by atoms with van der Waals surface area (Å²) in [6.45, 7) is 2.37. The molecule has 4 heteroatoms. The molecule has 0 aliphatic rings. The van der Waals surface area contributed by atoms with Gasteiger partial charge in [-0.2, -0.15) is 0 Å². The number of carbonyl (C=O) groups excluding carboxylic acids is 1. The molecule has 2 rings (SSSR count). The molecule has 112 valence electrons. The fourth-order valence-corrected chi connectivity index (χ4v) is 1.86. The SMILES string of the molecule is Cc1ccc(/C=C/C(=O)NCc2ccc(C(=O)O)cc2)cc1. The summed E-state index contributed by atoms with van der Waals surface area (Å²) < 4.78 is 0. The van der Waals surface area contributed by atoms with Crippen LogP contribution < -0.4 is 5.32 Å². The second-order valence-electron chi connectivity index (χ2n) is 4.96. The van der Waals surface area contributed by atoms with E-state index < -0.39 is 5.97 Å². The number of carboxylic acids is 1. The van der Waals surface area contributed by atoms with Crippen LogP contribution in [0.3, 0.4) is 0 Å². The molecule has 4 nitrogen and oxygen atoms in total. The molecule has 0 saturated heterocycles. The van der Waals surface area contributed by atoms with Gasteiger partial charge in [0, 0.05) is 12.6 Å². The molecule has 0 unspecified atom stereocenters. The third-order valence-corrected chi connectivity index (χ3v) is 3.17. The summed E-state index contributed by atoms with van der Waals surface area (Å²) in [5.41, 5.74) is 3.22. The van der Waals surface area contributed by atoms with Crippen molar-refractivity contribution in [2.75, 3.05) is 0 Å². The van der Waals surface area contributed by atoms with E-state index in [0.29, 0.717) is 6.54 Å². The largest absolute Gasteiger partial charge is 0.478 e. The topological polar surface area (TPSA) is 66.4 Å². The van der Waals surface area contributed by atoms with E-state index in [2.05, 4.69) is 5.32 Å². The molecule has 0 aliphatic heterocycles. The minimum atomic E-state index is -0.961. The van der Waals surface area contributed by atoms with Gasteiger partial charge in [-0.15, -0.1) is 0 Å². The maximum absolute atomic E-state index is 11.7. The van der Waals surface area contributed by atoms with Crippen LogP contribution in [0.2, 0.25) is 0 Å². The van der Waals surface area contributed by atoms with Crippen molar-refractivity contribution in [3.8, 4) is 0 Å². The standard InChI is InChI=1S/C18H17NO3/c1-13-2-4-14(5-3-13)8-11-17(20)19-12-15-6-9-16(10-7-15)18(21)22/h2-11H,12H2,1H3,(H,19,20)(H,21,22)/b11-8+. The summed E-state index contributed by atoms with van der Waals surface area (Å²) in [6.07, 6.45) is 3.23. The number of carbonyl (C=O) groups is 2. The third kappa shape index (κ3) is 4.59. The van der Waals surface area contributed by atoms with Gasteiger partial charge >= 0.3 is 5.97 Å². The summed E-state index contributed by atoms with van der Waals surface area (Å²) >= 11 is 0. The van der Waals surface area contributed by atoms with E-state index in [1.165, 1.54) is 23.8 Å². The molecule has 0 bridgehead atoms. The molecular weight excluding hydrogens is 278 g/mol. The zero-order chi connectivity index (χ0) is 15.9. The molecule has 0 aliphatic carbocycles. The molecule has 0 radical (unpaired) electrons. The van der Waals surface area contributed by atoms with Gasteiger partial charge in [0.15, 0.2) is 0 Å². The van der Waals surface area contributed by atoms with E-state index in [-0.39, 0.29) is 11.5 Å². The number of amides is 1. The molecule has 0 heterocycles. The molecule has 0 spiro atoms. The van der Waals surface area contributed by atoms with Crippen LogP contribution >= 0.6 is 0 Å². The van der Waals surface area contributed by atoms with Crippen LogP contribution in [0.15, 0.2) is 54.6 Å². The Kier molecular flexibility index (Phi) is 5.09. The molecule has 2 aromatic rings. The zero-order valence-electron chi connectivity index (χ0n) is 12.2. The van der Waals surface area contributed by atoms with Gasteiger partial charge in [-0.1, -0.05) is 42.0 Å². The first-order valence-corrected chi connectivity index (χ1v) is 6.89. The predicted molar refractivity (Wildman–Crippen MR) is 85.5 cm³/mol. The fraction of sp³-hybridized carbons (Fsp3) is 0.111. The first-order valence-electron chi connectivity index (χ1n) is 6.89. The highest BCUT2D eigenvalue weighted by molar-refractivity contribution is 5.91. The Bertz CT molecular complexity index is 685. The minimum absolute atomic E-state index is 0.192.